The molecule has 5 nitrogen and oxygen atoms in total. The molecule has 0 saturated carbocycles. The Morgan fingerprint density at radius 2 is 1.85 bits per heavy atom. The van der Waals surface area contributed by atoms with Crippen LogP contribution in [0.2, 0.25) is 10.0 Å². The second kappa shape index (κ2) is 9.48. The van der Waals surface area contributed by atoms with E-state index in [1.807, 2.05) is 0 Å². The summed E-state index contributed by atoms with van der Waals surface area (Å²) in [6, 6.07) is 7.58. The number of nitrogens with one attached hydrogen (secondary N) is 1. The van der Waals surface area contributed by atoms with E-state index in [0.29, 0.717) is 0 Å². The monoisotopic (exact) mass is 421 g/mol. The number of hydrogen-bond acceptors (Lipinski definition) is 4. The zero-order valence-electron chi connectivity index (χ0n) is 13.5. The smallest absolute Gasteiger partial charge is 0.387 e. The Morgan fingerprint density at radius 1 is 1.11 bits per heavy atom. The van der Waals surface area contributed by atoms with Crippen molar-refractivity contribution in [1.82, 2.24) is 0 Å². The Hall–Kier alpha value is -2.45. The maximum Gasteiger partial charge on any atom is 0.387 e. The van der Waals surface area contributed by atoms with Crippen LogP contribution in [-0.2, 0) is 20.7 Å². The predicted octanol–water partition coefficient (Wildman–Crippen LogP) is 4.46. The lowest BCUT2D eigenvalue weighted by molar-refractivity contribution is -0.146. The molecule has 144 valence electrons. The van der Waals surface area contributed by atoms with Crippen molar-refractivity contribution in [3.63, 3.8) is 0 Å². The van der Waals surface area contributed by atoms with Gasteiger partial charge in [-0.25, -0.2) is 4.39 Å². The number of esters is 1. The molecule has 1 amide bonds. The first-order chi connectivity index (χ1) is 12.8. The molecule has 0 spiro atoms. The van der Waals surface area contributed by atoms with Crippen molar-refractivity contribution in [1.29, 1.82) is 0 Å². The van der Waals surface area contributed by atoms with E-state index in [0.717, 1.165) is 12.1 Å². The summed E-state index contributed by atoms with van der Waals surface area (Å²) in [7, 11) is 0. The summed E-state index contributed by atoms with van der Waals surface area (Å²) < 4.78 is 46.9. The molecule has 0 unspecified atom stereocenters. The zero-order chi connectivity index (χ0) is 20.0. The molecule has 0 fully saturated rings. The molecule has 0 aliphatic carbocycles. The van der Waals surface area contributed by atoms with Crippen molar-refractivity contribution >= 4 is 40.8 Å². The van der Waals surface area contributed by atoms with Gasteiger partial charge in [-0.1, -0.05) is 29.3 Å². The summed E-state index contributed by atoms with van der Waals surface area (Å²) in [6.45, 7) is -3.68. The van der Waals surface area contributed by atoms with Gasteiger partial charge in [-0.2, -0.15) is 8.78 Å². The molecular weight excluding hydrogens is 410 g/mol. The summed E-state index contributed by atoms with van der Waals surface area (Å²) in [6.07, 6.45) is -0.440. The quantitative estimate of drug-likeness (QED) is 0.670. The van der Waals surface area contributed by atoms with Crippen LogP contribution >= 0.6 is 23.2 Å². The minimum absolute atomic E-state index is 0.0361. The van der Waals surface area contributed by atoms with E-state index in [-0.39, 0.29) is 27.0 Å². The number of alkyl halides is 2. The number of ether oxygens (including phenoxy) is 2. The van der Waals surface area contributed by atoms with Crippen molar-refractivity contribution < 1.29 is 32.2 Å². The second-order valence-electron chi connectivity index (χ2n) is 5.11. The summed E-state index contributed by atoms with van der Waals surface area (Å²) in [4.78, 5) is 23.5. The van der Waals surface area contributed by atoms with Gasteiger partial charge in [0.2, 0.25) is 0 Å². The van der Waals surface area contributed by atoms with Gasteiger partial charge in [-0.05, 0) is 30.3 Å². The number of hydrogen-bond donors (Lipinski definition) is 1. The first-order valence-electron chi connectivity index (χ1n) is 7.39. The summed E-state index contributed by atoms with van der Waals surface area (Å²) in [5.41, 5.74) is 0.144. The molecule has 27 heavy (non-hydrogen) atoms. The predicted molar refractivity (Wildman–Crippen MR) is 92.8 cm³/mol. The van der Waals surface area contributed by atoms with E-state index >= 15 is 0 Å². The standard InChI is InChI=1S/C17H12Cl2F3NO4/c18-11-2-1-3-13(20)10(11)7-16(25)26-8-15(24)23-9-4-5-14(12(19)6-9)27-17(21)22/h1-6,17H,7-8H2,(H,23,24). The van der Waals surface area contributed by atoms with E-state index in [1.54, 1.807) is 0 Å². The van der Waals surface area contributed by atoms with E-state index < -0.39 is 37.3 Å². The van der Waals surface area contributed by atoms with Crippen LogP contribution in [0.3, 0.4) is 0 Å². The van der Waals surface area contributed by atoms with E-state index in [4.69, 9.17) is 27.9 Å². The van der Waals surface area contributed by atoms with Gasteiger partial charge in [0.15, 0.2) is 6.61 Å². The fourth-order valence-corrected chi connectivity index (χ4v) is 2.46. The molecule has 0 heterocycles. The molecule has 2 aromatic carbocycles. The number of rotatable bonds is 7. The molecule has 2 rings (SSSR count). The van der Waals surface area contributed by atoms with Gasteiger partial charge >= 0.3 is 12.6 Å². The highest BCUT2D eigenvalue weighted by Crippen LogP contribution is 2.28. The fraction of sp³-hybridized carbons (Fsp3) is 0.176. The van der Waals surface area contributed by atoms with Crippen molar-refractivity contribution in [2.75, 3.05) is 11.9 Å². The van der Waals surface area contributed by atoms with Crippen LogP contribution in [-0.4, -0.2) is 25.1 Å². The maximum absolute atomic E-state index is 13.6. The Morgan fingerprint density at radius 3 is 2.48 bits per heavy atom. The third-order valence-electron chi connectivity index (χ3n) is 3.18. The van der Waals surface area contributed by atoms with Crippen molar-refractivity contribution in [2.24, 2.45) is 0 Å². The van der Waals surface area contributed by atoms with E-state index in [2.05, 4.69) is 10.1 Å². The third-order valence-corrected chi connectivity index (χ3v) is 3.83. The first kappa shape index (κ1) is 20.9. The Bertz CT molecular complexity index is 829. The van der Waals surface area contributed by atoms with Crippen LogP contribution in [0, 0.1) is 5.82 Å². The van der Waals surface area contributed by atoms with Gasteiger partial charge in [0, 0.05) is 16.3 Å². The van der Waals surface area contributed by atoms with Gasteiger partial charge in [-0.3, -0.25) is 9.59 Å². The number of carbonyl (C=O) groups is 2. The first-order valence-corrected chi connectivity index (χ1v) is 8.14. The minimum Gasteiger partial charge on any atom is -0.455 e. The lowest BCUT2D eigenvalue weighted by atomic mass is 10.1. The number of halogens is 5. The van der Waals surface area contributed by atoms with Crippen LogP contribution in [0.15, 0.2) is 36.4 Å². The van der Waals surface area contributed by atoms with Crippen LogP contribution in [0.1, 0.15) is 5.56 Å². The summed E-state index contributed by atoms with van der Waals surface area (Å²) >= 11 is 11.6. The van der Waals surface area contributed by atoms with Gasteiger partial charge in [0.05, 0.1) is 11.4 Å². The van der Waals surface area contributed by atoms with Gasteiger partial charge in [-0.15, -0.1) is 0 Å². The van der Waals surface area contributed by atoms with Crippen molar-refractivity contribution in [3.8, 4) is 5.75 Å². The Balaban J connectivity index is 1.87. The molecule has 0 radical (unpaired) electrons. The van der Waals surface area contributed by atoms with Crippen LogP contribution < -0.4 is 10.1 Å². The highest BCUT2D eigenvalue weighted by molar-refractivity contribution is 6.32. The number of anilines is 1. The van der Waals surface area contributed by atoms with Gasteiger partial charge in [0.25, 0.3) is 5.91 Å². The van der Waals surface area contributed by atoms with Crippen molar-refractivity contribution in [3.05, 3.63) is 57.8 Å². The SMILES string of the molecule is O=C(COC(=O)Cc1c(F)cccc1Cl)Nc1ccc(OC(F)F)c(Cl)c1. The third kappa shape index (κ3) is 6.33. The normalized spacial score (nSPS) is 10.6. The molecule has 0 bridgehead atoms. The topological polar surface area (TPSA) is 64.6 Å². The van der Waals surface area contributed by atoms with Crippen LogP contribution in [0.4, 0.5) is 18.9 Å². The summed E-state index contributed by atoms with van der Waals surface area (Å²) in [5, 5.41) is 2.29. The van der Waals surface area contributed by atoms with Crippen LogP contribution in [0.5, 0.6) is 5.75 Å². The number of benzene rings is 2. The molecule has 0 aliphatic heterocycles. The zero-order valence-corrected chi connectivity index (χ0v) is 15.0. The second-order valence-corrected chi connectivity index (χ2v) is 5.92. The van der Waals surface area contributed by atoms with Gasteiger partial charge in [0.1, 0.15) is 11.6 Å². The molecule has 0 aliphatic rings. The van der Waals surface area contributed by atoms with Crippen molar-refractivity contribution in [2.45, 2.75) is 13.0 Å². The average molecular weight is 422 g/mol. The number of amides is 1. The fourth-order valence-electron chi connectivity index (χ4n) is 2.01. The highest BCUT2D eigenvalue weighted by atomic mass is 35.5. The number of carbonyl (C=O) groups excluding carboxylic acids is 2. The Labute approximate surface area is 162 Å². The molecule has 0 atom stereocenters. The highest BCUT2D eigenvalue weighted by Gasteiger charge is 2.15. The summed E-state index contributed by atoms with van der Waals surface area (Å²) in [5.74, 6) is -2.47. The van der Waals surface area contributed by atoms with Gasteiger partial charge < -0.3 is 14.8 Å². The molecule has 0 aromatic heterocycles. The molecule has 10 heteroatoms. The maximum atomic E-state index is 13.6. The molecule has 1 N–H and O–H groups in total. The largest absolute Gasteiger partial charge is 0.455 e. The lowest BCUT2D eigenvalue weighted by Crippen LogP contribution is -2.22. The molecular formula is C17H12Cl2F3NO4. The van der Waals surface area contributed by atoms with Crippen LogP contribution in [0.25, 0.3) is 0 Å². The minimum atomic E-state index is -3.04. The lowest BCUT2D eigenvalue weighted by Gasteiger charge is -2.10. The van der Waals surface area contributed by atoms with E-state index in [1.165, 1.54) is 24.3 Å². The molecule has 2 aromatic rings. The van der Waals surface area contributed by atoms with E-state index in [9.17, 15) is 22.8 Å². The average Bonchev–Trinajstić information content (AvgIpc) is 2.58. The molecule has 0 saturated heterocycles. The Kier molecular flexibility index (Phi) is 7.32.